The maximum atomic E-state index is 12.4. The summed E-state index contributed by atoms with van der Waals surface area (Å²) >= 11 is 1.08. The highest BCUT2D eigenvalue weighted by Gasteiger charge is 2.26. The summed E-state index contributed by atoms with van der Waals surface area (Å²) < 4.78 is 13.8. The number of furan rings is 1. The van der Waals surface area contributed by atoms with Gasteiger partial charge < -0.3 is 19.6 Å². The van der Waals surface area contributed by atoms with Crippen molar-refractivity contribution in [1.29, 1.82) is 0 Å². The van der Waals surface area contributed by atoms with Crippen LogP contribution in [-0.4, -0.2) is 17.7 Å². The number of carbonyl (C=O) groups excluding carboxylic acids is 1. The van der Waals surface area contributed by atoms with Crippen LogP contribution in [0.1, 0.15) is 42.5 Å². The lowest BCUT2D eigenvalue weighted by molar-refractivity contribution is 0.0779. The Morgan fingerprint density at radius 3 is 2.85 bits per heavy atom. The fourth-order valence-electron chi connectivity index (χ4n) is 3.48. The van der Waals surface area contributed by atoms with Crippen LogP contribution in [0.3, 0.4) is 0 Å². The Bertz CT molecular complexity index is 822. The SMILES string of the molecule is CC(C)(O)c1coc(SNC(=O)Nc2c3c(cc4c2CCO4)CCC3)c1. The molecular formula is C19H22N2O4S. The number of urea groups is 1. The van der Waals surface area contributed by atoms with Crippen LogP contribution in [0.2, 0.25) is 0 Å². The van der Waals surface area contributed by atoms with Crippen molar-refractivity contribution < 1.29 is 19.1 Å². The normalized spacial score (nSPS) is 15.3. The van der Waals surface area contributed by atoms with Gasteiger partial charge in [-0.1, -0.05) is 0 Å². The molecule has 7 heteroatoms. The number of fused-ring (bicyclic) bond motifs is 2. The van der Waals surface area contributed by atoms with E-state index >= 15 is 0 Å². The first-order valence-electron chi connectivity index (χ1n) is 8.77. The molecule has 1 aromatic carbocycles. The quantitative estimate of drug-likeness (QED) is 0.710. The highest BCUT2D eigenvalue weighted by Crippen LogP contribution is 2.40. The molecule has 0 bridgehead atoms. The summed E-state index contributed by atoms with van der Waals surface area (Å²) in [4.78, 5) is 12.4. The van der Waals surface area contributed by atoms with Crippen LogP contribution in [-0.2, 0) is 24.9 Å². The van der Waals surface area contributed by atoms with Gasteiger partial charge in [0, 0.05) is 29.5 Å². The predicted molar refractivity (Wildman–Crippen MR) is 99.6 cm³/mol. The first-order chi connectivity index (χ1) is 12.4. The highest BCUT2D eigenvalue weighted by atomic mass is 32.2. The molecule has 2 amide bonds. The first kappa shape index (κ1) is 17.3. The van der Waals surface area contributed by atoms with Gasteiger partial charge in [-0.3, -0.25) is 4.72 Å². The van der Waals surface area contributed by atoms with Crippen LogP contribution >= 0.6 is 11.9 Å². The molecule has 138 valence electrons. The van der Waals surface area contributed by atoms with E-state index in [4.69, 9.17) is 9.15 Å². The maximum absolute atomic E-state index is 12.4. The zero-order valence-electron chi connectivity index (χ0n) is 14.8. The van der Waals surface area contributed by atoms with Crippen LogP contribution in [0, 0.1) is 0 Å². The molecule has 3 N–H and O–H groups in total. The Balaban J connectivity index is 1.45. The van der Waals surface area contributed by atoms with Crippen LogP contribution in [0.5, 0.6) is 5.75 Å². The van der Waals surface area contributed by atoms with Crippen molar-refractivity contribution in [2.45, 2.75) is 50.2 Å². The molecule has 0 saturated heterocycles. The van der Waals surface area contributed by atoms with Crippen LogP contribution < -0.4 is 14.8 Å². The Labute approximate surface area is 156 Å². The topological polar surface area (TPSA) is 83.7 Å². The summed E-state index contributed by atoms with van der Waals surface area (Å²) in [6.45, 7) is 4.03. The summed E-state index contributed by atoms with van der Waals surface area (Å²) in [7, 11) is 0. The van der Waals surface area contributed by atoms with Crippen LogP contribution in [0.25, 0.3) is 0 Å². The zero-order valence-corrected chi connectivity index (χ0v) is 15.7. The Morgan fingerprint density at radius 2 is 2.08 bits per heavy atom. The number of nitrogens with one attached hydrogen (secondary N) is 2. The van der Waals surface area contributed by atoms with Crippen molar-refractivity contribution in [3.05, 3.63) is 40.6 Å². The minimum Gasteiger partial charge on any atom is -0.493 e. The molecule has 26 heavy (non-hydrogen) atoms. The van der Waals surface area contributed by atoms with E-state index in [1.165, 1.54) is 17.4 Å². The Morgan fingerprint density at radius 1 is 1.23 bits per heavy atom. The van der Waals surface area contributed by atoms with E-state index in [0.717, 1.165) is 54.6 Å². The average molecular weight is 374 g/mol. The summed E-state index contributed by atoms with van der Waals surface area (Å²) in [6, 6.07) is 3.55. The number of amides is 2. The van der Waals surface area contributed by atoms with Crippen molar-refractivity contribution in [3.8, 4) is 5.75 Å². The molecule has 2 heterocycles. The lowest BCUT2D eigenvalue weighted by atomic mass is 10.0. The fourth-order valence-corrected chi connectivity index (χ4v) is 4.01. The van der Waals surface area contributed by atoms with E-state index in [0.29, 0.717) is 17.3 Å². The van der Waals surface area contributed by atoms with E-state index in [-0.39, 0.29) is 6.03 Å². The summed E-state index contributed by atoms with van der Waals surface area (Å²) in [6.07, 6.45) is 5.44. The minimum absolute atomic E-state index is 0.300. The van der Waals surface area contributed by atoms with Crippen molar-refractivity contribution in [3.63, 3.8) is 0 Å². The average Bonchev–Trinajstić information content (AvgIpc) is 3.31. The Kier molecular flexibility index (Phi) is 4.36. The van der Waals surface area contributed by atoms with E-state index in [2.05, 4.69) is 16.1 Å². The molecule has 0 saturated carbocycles. The van der Waals surface area contributed by atoms with Crippen molar-refractivity contribution >= 4 is 23.7 Å². The predicted octanol–water partition coefficient (Wildman–Crippen LogP) is 3.76. The van der Waals surface area contributed by atoms with Gasteiger partial charge in [0.2, 0.25) is 0 Å². The maximum Gasteiger partial charge on any atom is 0.329 e. The van der Waals surface area contributed by atoms with E-state index in [9.17, 15) is 9.90 Å². The second-order valence-corrected chi connectivity index (χ2v) is 8.00. The van der Waals surface area contributed by atoms with Gasteiger partial charge in [0.15, 0.2) is 5.09 Å². The number of carbonyl (C=O) groups is 1. The molecule has 6 nitrogen and oxygen atoms in total. The molecule has 0 radical (unpaired) electrons. The van der Waals surface area contributed by atoms with Crippen LogP contribution in [0.4, 0.5) is 10.5 Å². The molecular weight excluding hydrogens is 352 g/mol. The monoisotopic (exact) mass is 374 g/mol. The second kappa shape index (κ2) is 6.55. The van der Waals surface area contributed by atoms with Gasteiger partial charge in [-0.05, 0) is 56.4 Å². The van der Waals surface area contributed by atoms with Gasteiger partial charge in [-0.15, -0.1) is 0 Å². The van der Waals surface area contributed by atoms with E-state index in [1.807, 2.05) is 0 Å². The van der Waals surface area contributed by atoms with Crippen LogP contribution in [0.15, 0.2) is 27.9 Å². The number of benzene rings is 1. The van der Waals surface area contributed by atoms with Crippen molar-refractivity contribution in [2.24, 2.45) is 0 Å². The third-order valence-electron chi connectivity index (χ3n) is 4.84. The number of rotatable bonds is 4. The number of ether oxygens (including phenoxy) is 1. The second-order valence-electron chi connectivity index (χ2n) is 7.19. The molecule has 0 unspecified atom stereocenters. The van der Waals surface area contributed by atoms with Gasteiger partial charge in [0.25, 0.3) is 0 Å². The molecule has 1 aliphatic heterocycles. The molecule has 4 rings (SSSR count). The lowest BCUT2D eigenvalue weighted by Crippen LogP contribution is -2.24. The number of hydrogen-bond donors (Lipinski definition) is 3. The summed E-state index contributed by atoms with van der Waals surface area (Å²) in [5.74, 6) is 0.898. The van der Waals surface area contributed by atoms with E-state index < -0.39 is 5.60 Å². The molecule has 1 aromatic heterocycles. The van der Waals surface area contributed by atoms with Gasteiger partial charge >= 0.3 is 6.03 Å². The fraction of sp³-hybridized carbons (Fsp3) is 0.421. The van der Waals surface area contributed by atoms with Crippen molar-refractivity contribution in [2.75, 3.05) is 11.9 Å². The molecule has 1 aliphatic carbocycles. The van der Waals surface area contributed by atoms with E-state index in [1.54, 1.807) is 19.9 Å². The number of aliphatic hydroxyl groups is 1. The Hall–Kier alpha value is -2.12. The number of anilines is 1. The number of aryl methyl sites for hydroxylation is 1. The summed E-state index contributed by atoms with van der Waals surface area (Å²) in [5.41, 5.74) is 4.19. The lowest BCUT2D eigenvalue weighted by Gasteiger charge is -2.15. The third-order valence-corrected chi connectivity index (χ3v) is 5.54. The molecule has 2 aromatic rings. The molecule has 0 fully saturated rings. The standard InChI is InChI=1S/C19H22N2O4S/c1-19(2,23)12-9-16(25-10-12)26-21-18(22)20-17-13-5-3-4-11(13)8-15-14(17)6-7-24-15/h8-10,23H,3-7H2,1-2H3,(H2,20,21,22). The van der Waals surface area contributed by atoms with Gasteiger partial charge in [-0.25, -0.2) is 4.79 Å². The molecule has 0 atom stereocenters. The minimum atomic E-state index is -0.976. The summed E-state index contributed by atoms with van der Waals surface area (Å²) in [5, 5.41) is 13.5. The molecule has 2 aliphatic rings. The van der Waals surface area contributed by atoms with Gasteiger partial charge in [0.1, 0.15) is 5.75 Å². The molecule has 0 spiro atoms. The number of hydrogen-bond acceptors (Lipinski definition) is 5. The highest BCUT2D eigenvalue weighted by molar-refractivity contribution is 7.97. The largest absolute Gasteiger partial charge is 0.493 e. The zero-order chi connectivity index (χ0) is 18.3. The first-order valence-corrected chi connectivity index (χ1v) is 9.59. The smallest absolute Gasteiger partial charge is 0.329 e. The van der Waals surface area contributed by atoms with Crippen molar-refractivity contribution in [1.82, 2.24) is 4.72 Å². The third kappa shape index (κ3) is 3.29. The van der Waals surface area contributed by atoms with Gasteiger partial charge in [0.05, 0.1) is 24.2 Å². The van der Waals surface area contributed by atoms with Gasteiger partial charge in [-0.2, -0.15) is 0 Å².